The van der Waals surface area contributed by atoms with Crippen molar-refractivity contribution in [3.63, 3.8) is 0 Å². The number of hydrogen-bond acceptors (Lipinski definition) is 2. The molecule has 4 nitrogen and oxygen atoms in total. The minimum Gasteiger partial charge on any atom is -0.472 e. The predicted octanol–water partition coefficient (Wildman–Crippen LogP) is 2.13. The van der Waals surface area contributed by atoms with Gasteiger partial charge in [-0.3, -0.25) is 0 Å². The van der Waals surface area contributed by atoms with E-state index in [0.717, 1.165) is 12.0 Å². The highest BCUT2D eigenvalue weighted by molar-refractivity contribution is 5.05. The highest BCUT2D eigenvalue weighted by Gasteiger charge is 1.90. The van der Waals surface area contributed by atoms with Gasteiger partial charge in [0.2, 0.25) is 0 Å². The standard InChI is InChI=1S/C6H7N3O/c7-9-8-3-1-6-2-4-10-5-6/h2,4-5H,1,3H2. The predicted molar refractivity (Wildman–Crippen MR) is 36.4 cm³/mol. The zero-order valence-electron chi connectivity index (χ0n) is 5.40. The van der Waals surface area contributed by atoms with E-state index < -0.39 is 0 Å². The second-order valence-corrected chi connectivity index (χ2v) is 1.84. The monoisotopic (exact) mass is 137 g/mol. The summed E-state index contributed by atoms with van der Waals surface area (Å²) in [6.45, 7) is 0.496. The van der Waals surface area contributed by atoms with Crippen LogP contribution in [0, 0.1) is 0 Å². The van der Waals surface area contributed by atoms with Crippen LogP contribution in [0.15, 0.2) is 28.1 Å². The van der Waals surface area contributed by atoms with Crippen LogP contribution < -0.4 is 0 Å². The Morgan fingerprint density at radius 3 is 3.20 bits per heavy atom. The van der Waals surface area contributed by atoms with Gasteiger partial charge >= 0.3 is 0 Å². The van der Waals surface area contributed by atoms with Crippen molar-refractivity contribution in [3.8, 4) is 0 Å². The Labute approximate surface area is 58.1 Å². The average molecular weight is 137 g/mol. The summed E-state index contributed by atoms with van der Waals surface area (Å²) < 4.78 is 4.81. The third kappa shape index (κ3) is 1.84. The molecule has 1 rings (SSSR count). The molecule has 0 radical (unpaired) electrons. The Hall–Kier alpha value is -1.41. The SMILES string of the molecule is [N-]=[N+]=NCCc1ccoc1. The molecule has 0 unspecified atom stereocenters. The summed E-state index contributed by atoms with van der Waals surface area (Å²) in [5.41, 5.74) is 8.99. The van der Waals surface area contributed by atoms with Crippen molar-refractivity contribution in [2.24, 2.45) is 5.11 Å². The van der Waals surface area contributed by atoms with E-state index in [9.17, 15) is 0 Å². The molecule has 0 atom stereocenters. The van der Waals surface area contributed by atoms with Crippen molar-refractivity contribution in [2.75, 3.05) is 6.54 Å². The van der Waals surface area contributed by atoms with E-state index >= 15 is 0 Å². The van der Waals surface area contributed by atoms with Crippen molar-refractivity contribution in [1.82, 2.24) is 0 Å². The molecule has 1 heterocycles. The second kappa shape index (κ2) is 3.58. The van der Waals surface area contributed by atoms with Crippen LogP contribution in [0.3, 0.4) is 0 Å². The molecule has 0 fully saturated rings. The molecule has 0 N–H and O–H groups in total. The number of nitrogens with zero attached hydrogens (tertiary/aromatic N) is 3. The van der Waals surface area contributed by atoms with Gasteiger partial charge in [-0.25, -0.2) is 0 Å². The lowest BCUT2D eigenvalue weighted by molar-refractivity contribution is 0.564. The summed E-state index contributed by atoms with van der Waals surface area (Å²) in [4.78, 5) is 2.63. The maximum absolute atomic E-state index is 7.93. The zero-order chi connectivity index (χ0) is 7.23. The summed E-state index contributed by atoms with van der Waals surface area (Å²) in [6.07, 6.45) is 4.00. The molecular formula is C6H7N3O. The second-order valence-electron chi connectivity index (χ2n) is 1.84. The summed E-state index contributed by atoms with van der Waals surface area (Å²) in [7, 11) is 0. The molecule has 0 aliphatic heterocycles. The van der Waals surface area contributed by atoms with Gasteiger partial charge in [-0.05, 0) is 23.6 Å². The van der Waals surface area contributed by atoms with Gasteiger partial charge in [-0.15, -0.1) is 0 Å². The lowest BCUT2D eigenvalue weighted by Gasteiger charge is -1.85. The van der Waals surface area contributed by atoms with Crippen LogP contribution >= 0.6 is 0 Å². The fraction of sp³-hybridized carbons (Fsp3) is 0.333. The van der Waals surface area contributed by atoms with Gasteiger partial charge in [0.25, 0.3) is 0 Å². The fourth-order valence-electron chi connectivity index (χ4n) is 0.659. The molecular weight excluding hydrogens is 130 g/mol. The topological polar surface area (TPSA) is 61.9 Å². The van der Waals surface area contributed by atoms with Gasteiger partial charge in [0.05, 0.1) is 12.5 Å². The highest BCUT2D eigenvalue weighted by Crippen LogP contribution is 2.00. The number of azide groups is 1. The molecule has 0 amide bonds. The molecule has 0 aliphatic carbocycles. The molecule has 0 saturated carbocycles. The van der Waals surface area contributed by atoms with E-state index in [0.29, 0.717) is 6.54 Å². The average Bonchev–Trinajstić information content (AvgIpc) is 2.41. The van der Waals surface area contributed by atoms with Crippen LogP contribution in [0.2, 0.25) is 0 Å². The highest BCUT2D eigenvalue weighted by atomic mass is 16.3. The van der Waals surface area contributed by atoms with Gasteiger partial charge in [0.15, 0.2) is 0 Å². The van der Waals surface area contributed by atoms with E-state index in [4.69, 9.17) is 9.95 Å². The maximum atomic E-state index is 7.93. The Kier molecular flexibility index (Phi) is 2.40. The Morgan fingerprint density at radius 2 is 2.60 bits per heavy atom. The van der Waals surface area contributed by atoms with Crippen molar-refractivity contribution < 1.29 is 4.42 Å². The number of hydrogen-bond donors (Lipinski definition) is 0. The van der Waals surface area contributed by atoms with Crippen molar-refractivity contribution >= 4 is 0 Å². The first-order chi connectivity index (χ1) is 4.93. The molecule has 1 aromatic heterocycles. The summed E-state index contributed by atoms with van der Waals surface area (Å²) in [5, 5.41) is 3.39. The van der Waals surface area contributed by atoms with Gasteiger partial charge in [0.1, 0.15) is 0 Å². The first-order valence-corrected chi connectivity index (χ1v) is 2.95. The third-order valence-electron chi connectivity index (χ3n) is 1.14. The van der Waals surface area contributed by atoms with Gasteiger partial charge < -0.3 is 4.42 Å². The van der Waals surface area contributed by atoms with Crippen LogP contribution in [-0.2, 0) is 6.42 Å². The molecule has 52 valence electrons. The molecule has 4 heteroatoms. The van der Waals surface area contributed by atoms with E-state index in [1.807, 2.05) is 6.07 Å². The van der Waals surface area contributed by atoms with E-state index in [1.54, 1.807) is 12.5 Å². The molecule has 0 aromatic carbocycles. The molecule has 10 heavy (non-hydrogen) atoms. The molecule has 0 aliphatic rings. The zero-order valence-corrected chi connectivity index (χ0v) is 5.40. The van der Waals surface area contributed by atoms with Gasteiger partial charge in [-0.1, -0.05) is 5.11 Å². The van der Waals surface area contributed by atoms with E-state index in [1.165, 1.54) is 0 Å². The van der Waals surface area contributed by atoms with E-state index in [-0.39, 0.29) is 0 Å². The fourth-order valence-corrected chi connectivity index (χ4v) is 0.659. The first kappa shape index (κ1) is 6.71. The molecule has 1 aromatic rings. The molecule has 0 spiro atoms. The lowest BCUT2D eigenvalue weighted by Crippen LogP contribution is -1.83. The smallest absolute Gasteiger partial charge is 0.0934 e. The molecule has 0 bridgehead atoms. The first-order valence-electron chi connectivity index (χ1n) is 2.95. The largest absolute Gasteiger partial charge is 0.472 e. The van der Waals surface area contributed by atoms with Gasteiger partial charge in [0, 0.05) is 11.5 Å². The lowest BCUT2D eigenvalue weighted by atomic mass is 10.2. The Morgan fingerprint density at radius 1 is 1.70 bits per heavy atom. The van der Waals surface area contributed by atoms with Crippen LogP contribution in [-0.4, -0.2) is 6.54 Å². The van der Waals surface area contributed by atoms with Crippen molar-refractivity contribution in [3.05, 3.63) is 34.6 Å². The van der Waals surface area contributed by atoms with E-state index in [2.05, 4.69) is 10.0 Å². The minimum atomic E-state index is 0.496. The molecule has 0 saturated heterocycles. The summed E-state index contributed by atoms with van der Waals surface area (Å²) in [6, 6.07) is 1.85. The number of rotatable bonds is 3. The normalized spacial score (nSPS) is 8.80. The van der Waals surface area contributed by atoms with Gasteiger partial charge in [-0.2, -0.15) is 0 Å². The minimum absolute atomic E-state index is 0.496. The van der Waals surface area contributed by atoms with Crippen molar-refractivity contribution in [1.29, 1.82) is 0 Å². The summed E-state index contributed by atoms with van der Waals surface area (Å²) >= 11 is 0. The maximum Gasteiger partial charge on any atom is 0.0934 e. The van der Waals surface area contributed by atoms with Crippen LogP contribution in [0.5, 0.6) is 0 Å². The number of furan rings is 1. The van der Waals surface area contributed by atoms with Crippen LogP contribution in [0.1, 0.15) is 5.56 Å². The Balaban J connectivity index is 2.34. The van der Waals surface area contributed by atoms with Crippen LogP contribution in [0.4, 0.5) is 0 Å². The Bertz CT molecular complexity index is 223. The quantitative estimate of drug-likeness (QED) is 0.357. The summed E-state index contributed by atoms with van der Waals surface area (Å²) in [5.74, 6) is 0. The third-order valence-corrected chi connectivity index (χ3v) is 1.14. The van der Waals surface area contributed by atoms with Crippen LogP contribution in [0.25, 0.3) is 10.4 Å². The van der Waals surface area contributed by atoms with Crippen molar-refractivity contribution in [2.45, 2.75) is 6.42 Å².